The molecule has 1 saturated heterocycles. The number of carbonyl (C=O) groups excluding carboxylic acids is 5. The van der Waals surface area contributed by atoms with Gasteiger partial charge in [0.05, 0.1) is 35.6 Å². The molecule has 1 heterocycles. The van der Waals surface area contributed by atoms with Crippen molar-refractivity contribution >= 4 is 46.4 Å². The molecule has 5 rings (SSSR count). The average molecular weight is 1020 g/mol. The molecule has 0 aromatic heterocycles. The first-order valence-electron chi connectivity index (χ1n) is 25.8. The molecule has 394 valence electrons. The maximum Gasteiger partial charge on any atom is 0.407 e. The summed E-state index contributed by atoms with van der Waals surface area (Å²) in [6.45, 7) is 29.2. The number of rotatable bonds is 19. The first-order valence-corrected chi connectivity index (χ1v) is 30.9. The van der Waals surface area contributed by atoms with E-state index in [0.717, 1.165) is 18.1 Å². The lowest BCUT2D eigenvalue weighted by Crippen LogP contribution is -2.82. The third kappa shape index (κ3) is 10.6. The van der Waals surface area contributed by atoms with Gasteiger partial charge in [-0.15, -0.1) is 0 Å². The number of aliphatic hydroxyl groups excluding tert-OH is 1. The van der Waals surface area contributed by atoms with Crippen LogP contribution in [0.1, 0.15) is 140 Å². The molecule has 0 spiro atoms. The molecule has 1 amide bonds. The zero-order valence-corrected chi connectivity index (χ0v) is 46.9. The van der Waals surface area contributed by atoms with Gasteiger partial charge in [0.15, 0.2) is 34.1 Å². The summed E-state index contributed by atoms with van der Waals surface area (Å²) in [5.41, 5.74) is -7.48. The third-order valence-electron chi connectivity index (χ3n) is 16.8. The Labute approximate surface area is 419 Å². The fraction of sp³-hybridized carbons (Fsp3) is 0.755. The number of nitrogens with one attached hydrogen (secondary N) is 1. The number of esters is 3. The lowest BCUT2D eigenvalue weighted by molar-refractivity contribution is -0.344. The minimum atomic E-state index is -2.64. The number of alkyl carbamates (subject to hydrolysis) is 1. The van der Waals surface area contributed by atoms with Crippen molar-refractivity contribution in [2.45, 2.75) is 226 Å². The Hall–Kier alpha value is -3.46. The van der Waals surface area contributed by atoms with E-state index in [2.05, 4.69) is 26.1 Å². The van der Waals surface area contributed by atoms with Gasteiger partial charge in [0.2, 0.25) is 0 Å². The van der Waals surface area contributed by atoms with E-state index in [0.29, 0.717) is 30.1 Å². The summed E-state index contributed by atoms with van der Waals surface area (Å²) >= 11 is 0. The molecule has 1 aliphatic heterocycles. The average Bonchev–Trinajstić information content (AvgIpc) is 3.28. The Balaban J connectivity index is 1.79. The zero-order chi connectivity index (χ0) is 52.6. The molecule has 1 aromatic carbocycles. The first kappa shape index (κ1) is 57.4. The fourth-order valence-corrected chi connectivity index (χ4v) is 18.0. The predicted molar refractivity (Wildman–Crippen MR) is 270 cm³/mol. The summed E-state index contributed by atoms with van der Waals surface area (Å²) in [6, 6.07) is 11.6. The van der Waals surface area contributed by atoms with E-state index in [1.165, 1.54) is 6.92 Å². The summed E-state index contributed by atoms with van der Waals surface area (Å²) in [4.78, 5) is 72.9. The van der Waals surface area contributed by atoms with E-state index in [-0.39, 0.29) is 36.5 Å². The van der Waals surface area contributed by atoms with Crippen molar-refractivity contribution in [3.05, 3.63) is 47.0 Å². The van der Waals surface area contributed by atoms with Crippen LogP contribution in [-0.4, -0.2) is 123 Å². The van der Waals surface area contributed by atoms with Crippen LogP contribution in [0.2, 0.25) is 36.3 Å². The zero-order valence-electron chi connectivity index (χ0n) is 44.9. The van der Waals surface area contributed by atoms with Crippen LogP contribution in [-0.2, 0) is 46.9 Å². The standard InChI is InChI=1S/C53H85NO14Si2/c1-17-69(18-2,19-3)67-38-29-39-52(31-62-39,65-34(10)55)43-45(64-46(58)35-26-24-23-25-27-35)53(61)30-37(33(9)40(50(53,14)15)41(56)44(57)51(38,43)16)63-47(59)42(68-70(20-4,21-5)22-6)36(28-32(7)8)54-48(60)66-49(11,12)13/h23-27,32,36-39,41-43,45,56,61H,17-22,28-31H2,1-16H3,(H,54,60)/t36-,37-,38?,39+,41+,42+,43?,45-,51+,52-,53+/m0/s1. The fourth-order valence-electron chi connectivity index (χ4n) is 12.2. The van der Waals surface area contributed by atoms with Crippen LogP contribution in [0.3, 0.4) is 0 Å². The van der Waals surface area contributed by atoms with Crippen molar-refractivity contribution in [3.63, 3.8) is 0 Å². The van der Waals surface area contributed by atoms with Crippen LogP contribution in [0.5, 0.6) is 0 Å². The number of ketones is 1. The lowest BCUT2D eigenvalue weighted by atomic mass is 9.44. The summed E-state index contributed by atoms with van der Waals surface area (Å²) in [6.07, 6.45) is -8.66. The summed E-state index contributed by atoms with van der Waals surface area (Å²) in [5, 5.41) is 30.0. The second kappa shape index (κ2) is 21.6. The topological polar surface area (TPSA) is 202 Å². The Morgan fingerprint density at radius 1 is 0.900 bits per heavy atom. The van der Waals surface area contributed by atoms with E-state index in [9.17, 15) is 24.6 Å². The minimum Gasteiger partial charge on any atom is -0.456 e. The van der Waals surface area contributed by atoms with Crippen molar-refractivity contribution in [2.75, 3.05) is 6.61 Å². The maximum absolute atomic E-state index is 16.0. The van der Waals surface area contributed by atoms with Gasteiger partial charge in [-0.2, -0.15) is 0 Å². The van der Waals surface area contributed by atoms with Crippen LogP contribution in [0.25, 0.3) is 0 Å². The van der Waals surface area contributed by atoms with E-state index < -0.39 is 123 Å². The molecule has 2 bridgehead atoms. The number of fused-ring (bicyclic) bond motifs is 5. The van der Waals surface area contributed by atoms with Crippen LogP contribution in [0.15, 0.2) is 41.5 Å². The van der Waals surface area contributed by atoms with Crippen molar-refractivity contribution in [1.82, 2.24) is 5.32 Å². The van der Waals surface area contributed by atoms with Crippen LogP contribution in [0.4, 0.5) is 4.79 Å². The van der Waals surface area contributed by atoms with E-state index in [1.807, 2.05) is 34.6 Å². The molecule has 4 aliphatic rings. The second-order valence-electron chi connectivity index (χ2n) is 22.6. The Kier molecular flexibility index (Phi) is 17.7. The molecule has 2 unspecified atom stereocenters. The van der Waals surface area contributed by atoms with E-state index in [4.69, 9.17) is 32.5 Å². The second-order valence-corrected chi connectivity index (χ2v) is 32.0. The molecule has 15 nitrogen and oxygen atoms in total. The van der Waals surface area contributed by atoms with Crippen molar-refractivity contribution < 1.29 is 66.7 Å². The molecular weight excluding hydrogens is 931 g/mol. The first-order chi connectivity index (χ1) is 32.5. The van der Waals surface area contributed by atoms with E-state index >= 15 is 9.59 Å². The number of Topliss-reactive ketones (excluding diaryl/α,β-unsaturated/α-hetero) is 1. The van der Waals surface area contributed by atoms with Gasteiger partial charge >= 0.3 is 24.0 Å². The van der Waals surface area contributed by atoms with Gasteiger partial charge in [-0.1, -0.05) is 87.4 Å². The monoisotopic (exact) mass is 1020 g/mol. The molecule has 0 radical (unpaired) electrons. The molecule has 11 atom stereocenters. The van der Waals surface area contributed by atoms with Crippen molar-refractivity contribution in [2.24, 2.45) is 22.7 Å². The summed E-state index contributed by atoms with van der Waals surface area (Å²) in [7, 11) is -5.22. The van der Waals surface area contributed by atoms with Gasteiger partial charge in [0, 0.05) is 25.2 Å². The molecule has 2 saturated carbocycles. The molecule has 17 heteroatoms. The van der Waals surface area contributed by atoms with Gasteiger partial charge in [0.25, 0.3) is 0 Å². The van der Waals surface area contributed by atoms with Crippen molar-refractivity contribution in [3.8, 4) is 0 Å². The Bertz CT molecular complexity index is 2080. The lowest BCUT2D eigenvalue weighted by Gasteiger charge is -2.68. The Morgan fingerprint density at radius 2 is 1.47 bits per heavy atom. The highest BCUT2D eigenvalue weighted by Crippen LogP contribution is 2.65. The van der Waals surface area contributed by atoms with Gasteiger partial charge in [0.1, 0.15) is 35.6 Å². The molecule has 3 aliphatic carbocycles. The number of hydrogen-bond donors (Lipinski definition) is 3. The largest absolute Gasteiger partial charge is 0.456 e. The number of benzene rings is 1. The van der Waals surface area contributed by atoms with E-state index in [1.54, 1.807) is 78.8 Å². The highest BCUT2D eigenvalue weighted by atomic mass is 28.4. The van der Waals surface area contributed by atoms with Gasteiger partial charge < -0.3 is 48.1 Å². The minimum absolute atomic E-state index is 0.0195. The third-order valence-corrected chi connectivity index (χ3v) is 26.1. The SMILES string of the molecule is CC[Si](CC)(CC)OC1C[C@H]2OC[C@@]2(OC(C)=O)C2[C@H](OC(=O)c3ccccc3)[C@]3(O)C[C@H](OC(=O)[C@H](O[Si](CC)(CC)CC)[C@H](CC(C)C)NC(=O)OC(C)(C)C)C(C)=C([C@@H](O)C(=O)[C@]12C)C3(C)C. The number of carbonyl (C=O) groups is 5. The van der Waals surface area contributed by atoms with Gasteiger partial charge in [-0.25, -0.2) is 14.4 Å². The quantitative estimate of drug-likeness (QED) is 0.0513. The number of hydrogen-bond acceptors (Lipinski definition) is 14. The van der Waals surface area contributed by atoms with Gasteiger partial charge in [-0.05, 0) is 107 Å². The molecule has 70 heavy (non-hydrogen) atoms. The molecular formula is C53H85NO14Si2. The smallest absolute Gasteiger partial charge is 0.407 e. The van der Waals surface area contributed by atoms with Crippen molar-refractivity contribution in [1.29, 1.82) is 0 Å². The van der Waals surface area contributed by atoms with Crippen LogP contribution in [0, 0.1) is 22.7 Å². The highest BCUT2D eigenvalue weighted by molar-refractivity contribution is 6.74. The molecule has 3 N–H and O–H groups in total. The summed E-state index contributed by atoms with van der Waals surface area (Å²) in [5.74, 6) is -4.37. The summed E-state index contributed by atoms with van der Waals surface area (Å²) < 4.78 is 45.9. The van der Waals surface area contributed by atoms with Crippen LogP contribution >= 0.6 is 0 Å². The number of aliphatic hydroxyl groups is 2. The van der Waals surface area contributed by atoms with Crippen LogP contribution < -0.4 is 5.32 Å². The molecule has 3 fully saturated rings. The normalized spacial score (nSPS) is 30.6. The number of ether oxygens (including phenoxy) is 5. The maximum atomic E-state index is 16.0. The van der Waals surface area contributed by atoms with Gasteiger partial charge in [-0.3, -0.25) is 9.59 Å². The highest BCUT2D eigenvalue weighted by Gasteiger charge is 2.78. The molecule has 1 aromatic rings. The predicted octanol–water partition coefficient (Wildman–Crippen LogP) is 8.99. The number of amides is 1. The Morgan fingerprint density at radius 3 is 1.96 bits per heavy atom.